The highest BCUT2D eigenvalue weighted by molar-refractivity contribution is 5.93. The van der Waals surface area contributed by atoms with Crippen molar-refractivity contribution in [2.45, 2.75) is 12.8 Å². The van der Waals surface area contributed by atoms with E-state index in [9.17, 15) is 19.3 Å². The molecule has 6 nitrogen and oxygen atoms in total. The van der Waals surface area contributed by atoms with E-state index in [0.717, 1.165) is 31.5 Å². The Balaban J connectivity index is 0.00000200. The van der Waals surface area contributed by atoms with Gasteiger partial charge >= 0.3 is 0 Å². The van der Waals surface area contributed by atoms with E-state index in [1.807, 2.05) is 0 Å². The van der Waals surface area contributed by atoms with E-state index in [1.54, 1.807) is 0 Å². The molecule has 0 radical (unpaired) electrons. The van der Waals surface area contributed by atoms with Crippen molar-refractivity contribution in [2.24, 2.45) is 5.92 Å². The number of hydrogen-bond acceptors (Lipinski definition) is 4. The first-order chi connectivity index (χ1) is 9.08. The Morgan fingerprint density at radius 1 is 1.50 bits per heavy atom. The number of nitrogens with zero attached hydrogens (tertiary/aromatic N) is 1. The third-order valence-corrected chi connectivity index (χ3v) is 3.09. The minimum absolute atomic E-state index is 0. The van der Waals surface area contributed by atoms with Gasteiger partial charge in [0.25, 0.3) is 5.69 Å². The standard InChI is InChI=1S/C12H14FN3O3.ClH/c13-10-6-9(16(18)19)3-4-11(10)15-12(17)8-2-1-5-14-7-8;/h3-4,6,8,14H,1-2,5,7H2,(H,15,17);1H. The molecule has 0 bridgehead atoms. The second-order valence-electron chi connectivity index (χ2n) is 4.45. The molecule has 1 fully saturated rings. The van der Waals surface area contributed by atoms with E-state index in [-0.39, 0.29) is 35.6 Å². The Hall–Kier alpha value is -1.73. The van der Waals surface area contributed by atoms with Crippen molar-refractivity contribution in [1.29, 1.82) is 0 Å². The molecule has 1 heterocycles. The lowest BCUT2D eigenvalue weighted by Crippen LogP contribution is -2.37. The molecule has 0 aliphatic carbocycles. The molecule has 0 saturated carbocycles. The van der Waals surface area contributed by atoms with Gasteiger partial charge in [0.1, 0.15) is 0 Å². The van der Waals surface area contributed by atoms with Crippen molar-refractivity contribution in [3.63, 3.8) is 0 Å². The number of non-ortho nitro benzene ring substituents is 1. The highest BCUT2D eigenvalue weighted by atomic mass is 35.5. The number of nitro groups is 1. The molecule has 1 aliphatic heterocycles. The van der Waals surface area contributed by atoms with Crippen LogP contribution >= 0.6 is 12.4 Å². The first kappa shape index (κ1) is 16.3. The summed E-state index contributed by atoms with van der Waals surface area (Å²) in [4.78, 5) is 21.7. The van der Waals surface area contributed by atoms with E-state index in [0.29, 0.717) is 6.54 Å². The smallest absolute Gasteiger partial charge is 0.272 e. The zero-order valence-electron chi connectivity index (χ0n) is 10.6. The number of nitro benzene ring substituents is 1. The number of nitrogens with one attached hydrogen (secondary N) is 2. The Morgan fingerprint density at radius 2 is 2.25 bits per heavy atom. The molecular formula is C12H15ClFN3O3. The van der Waals surface area contributed by atoms with Crippen molar-refractivity contribution >= 4 is 29.7 Å². The van der Waals surface area contributed by atoms with Crippen LogP contribution < -0.4 is 10.6 Å². The van der Waals surface area contributed by atoms with E-state index in [2.05, 4.69) is 10.6 Å². The number of hydrogen-bond donors (Lipinski definition) is 2. The lowest BCUT2D eigenvalue weighted by molar-refractivity contribution is -0.385. The van der Waals surface area contributed by atoms with E-state index < -0.39 is 10.7 Å². The summed E-state index contributed by atoms with van der Waals surface area (Å²) in [7, 11) is 0. The number of carbonyl (C=O) groups is 1. The quantitative estimate of drug-likeness (QED) is 0.661. The highest BCUT2D eigenvalue weighted by Crippen LogP contribution is 2.21. The van der Waals surface area contributed by atoms with Crippen LogP contribution in [0.15, 0.2) is 18.2 Å². The first-order valence-corrected chi connectivity index (χ1v) is 6.03. The summed E-state index contributed by atoms with van der Waals surface area (Å²) in [6, 6.07) is 3.17. The molecular weight excluding hydrogens is 289 g/mol. The summed E-state index contributed by atoms with van der Waals surface area (Å²) in [5.41, 5.74) is -0.365. The largest absolute Gasteiger partial charge is 0.323 e. The van der Waals surface area contributed by atoms with Gasteiger partial charge in [-0.15, -0.1) is 12.4 Å². The highest BCUT2D eigenvalue weighted by Gasteiger charge is 2.22. The van der Waals surface area contributed by atoms with Gasteiger partial charge < -0.3 is 10.6 Å². The summed E-state index contributed by atoms with van der Waals surface area (Å²) in [5, 5.41) is 16.0. The van der Waals surface area contributed by atoms with Gasteiger partial charge in [-0.25, -0.2) is 4.39 Å². The second kappa shape index (κ2) is 7.16. The molecule has 0 spiro atoms. The monoisotopic (exact) mass is 303 g/mol. The van der Waals surface area contributed by atoms with E-state index in [4.69, 9.17) is 0 Å². The molecule has 1 aliphatic rings. The van der Waals surface area contributed by atoms with Crippen LogP contribution in [0.4, 0.5) is 15.8 Å². The van der Waals surface area contributed by atoms with Crippen LogP contribution in [0.1, 0.15) is 12.8 Å². The van der Waals surface area contributed by atoms with Gasteiger partial charge in [0, 0.05) is 12.6 Å². The van der Waals surface area contributed by atoms with Gasteiger partial charge in [0.2, 0.25) is 5.91 Å². The summed E-state index contributed by atoms with van der Waals surface area (Å²) in [6.45, 7) is 1.45. The number of halogens is 2. The van der Waals surface area contributed by atoms with Crippen LogP contribution in [0.25, 0.3) is 0 Å². The minimum atomic E-state index is -0.800. The molecule has 0 aromatic heterocycles. The van der Waals surface area contributed by atoms with E-state index >= 15 is 0 Å². The van der Waals surface area contributed by atoms with Crippen molar-refractivity contribution in [2.75, 3.05) is 18.4 Å². The maximum Gasteiger partial charge on any atom is 0.272 e. The summed E-state index contributed by atoms with van der Waals surface area (Å²) >= 11 is 0. The molecule has 1 saturated heterocycles. The summed E-state index contributed by atoms with van der Waals surface area (Å²) in [6.07, 6.45) is 1.66. The maximum absolute atomic E-state index is 13.6. The SMILES string of the molecule is Cl.O=C(Nc1ccc([N+](=O)[O-])cc1F)C1CCCNC1. The third-order valence-electron chi connectivity index (χ3n) is 3.09. The van der Waals surface area contributed by atoms with Crippen LogP contribution in [0.5, 0.6) is 0 Å². The lowest BCUT2D eigenvalue weighted by Gasteiger charge is -2.21. The van der Waals surface area contributed by atoms with Gasteiger partial charge in [0.05, 0.1) is 22.6 Å². The average molecular weight is 304 g/mol. The molecule has 2 rings (SSSR count). The molecule has 110 valence electrons. The molecule has 1 aromatic carbocycles. The Kier molecular flexibility index (Phi) is 5.84. The van der Waals surface area contributed by atoms with Crippen LogP contribution in [0.3, 0.4) is 0 Å². The molecule has 1 atom stereocenters. The minimum Gasteiger partial charge on any atom is -0.323 e. The second-order valence-corrected chi connectivity index (χ2v) is 4.45. The predicted molar refractivity (Wildman–Crippen MR) is 74.5 cm³/mol. The maximum atomic E-state index is 13.6. The van der Waals surface area contributed by atoms with Gasteiger partial charge in [-0.3, -0.25) is 14.9 Å². The fraction of sp³-hybridized carbons (Fsp3) is 0.417. The number of amides is 1. The number of carbonyl (C=O) groups excluding carboxylic acids is 1. The number of piperidine rings is 1. The normalized spacial score (nSPS) is 17.9. The zero-order valence-corrected chi connectivity index (χ0v) is 11.4. The van der Waals surface area contributed by atoms with Crippen molar-refractivity contribution in [1.82, 2.24) is 5.32 Å². The molecule has 1 aromatic rings. The van der Waals surface area contributed by atoms with Gasteiger partial charge in [0.15, 0.2) is 5.82 Å². The van der Waals surface area contributed by atoms with Crippen LogP contribution in [-0.4, -0.2) is 23.9 Å². The number of rotatable bonds is 3. The fourth-order valence-electron chi connectivity index (χ4n) is 2.03. The summed E-state index contributed by atoms with van der Waals surface area (Å²) < 4.78 is 13.6. The predicted octanol–water partition coefficient (Wildman–Crippen LogP) is 2.09. The van der Waals surface area contributed by atoms with Gasteiger partial charge in [-0.2, -0.15) is 0 Å². The van der Waals surface area contributed by atoms with Crippen molar-refractivity contribution in [3.05, 3.63) is 34.1 Å². The molecule has 1 unspecified atom stereocenters. The molecule has 2 N–H and O–H groups in total. The first-order valence-electron chi connectivity index (χ1n) is 6.03. The number of anilines is 1. The van der Waals surface area contributed by atoms with Crippen LogP contribution in [0.2, 0.25) is 0 Å². The average Bonchev–Trinajstić information content (AvgIpc) is 2.41. The topological polar surface area (TPSA) is 84.3 Å². The molecule has 8 heteroatoms. The Bertz CT molecular complexity index is 507. The van der Waals surface area contributed by atoms with Crippen molar-refractivity contribution in [3.8, 4) is 0 Å². The van der Waals surface area contributed by atoms with E-state index in [1.165, 1.54) is 6.07 Å². The van der Waals surface area contributed by atoms with Crippen molar-refractivity contribution < 1.29 is 14.1 Å². The van der Waals surface area contributed by atoms with Gasteiger partial charge in [-0.1, -0.05) is 0 Å². The number of benzene rings is 1. The van der Waals surface area contributed by atoms with Crippen LogP contribution in [-0.2, 0) is 4.79 Å². The molecule has 1 amide bonds. The Labute approximate surface area is 121 Å². The fourth-order valence-corrected chi connectivity index (χ4v) is 2.03. The molecule has 20 heavy (non-hydrogen) atoms. The third kappa shape index (κ3) is 3.88. The Morgan fingerprint density at radius 3 is 2.80 bits per heavy atom. The summed E-state index contributed by atoms with van der Waals surface area (Å²) in [5.74, 6) is -1.25. The zero-order chi connectivity index (χ0) is 13.8. The van der Waals surface area contributed by atoms with Gasteiger partial charge in [-0.05, 0) is 25.5 Å². The van der Waals surface area contributed by atoms with Crippen LogP contribution in [0, 0.1) is 21.8 Å². The lowest BCUT2D eigenvalue weighted by atomic mass is 9.99.